The second-order valence-electron chi connectivity index (χ2n) is 4.67. The number of hydrogen-bond donors (Lipinski definition) is 0. The fourth-order valence-electron chi connectivity index (χ4n) is 1.98. The van der Waals surface area contributed by atoms with E-state index in [1.807, 2.05) is 6.92 Å². The highest BCUT2D eigenvalue weighted by Crippen LogP contribution is 2.26. The molecule has 9 heteroatoms. The van der Waals surface area contributed by atoms with Gasteiger partial charge in [0.1, 0.15) is 11.9 Å². The summed E-state index contributed by atoms with van der Waals surface area (Å²) in [5.74, 6) is 0. The minimum atomic E-state index is -4.94. The molecule has 0 radical (unpaired) electrons. The minimum absolute atomic E-state index is 1.05. The number of aromatic nitrogens is 2. The molecule has 0 aliphatic heterocycles. The SMILES string of the molecule is Cc1cc(C)[n+]2cc(-c3ccc(Br)cc3)sc2n1.[O-][Cl+3]([O-])([O-])[O-]. The highest BCUT2D eigenvalue weighted by atomic mass is 79.9. The van der Waals surface area contributed by atoms with Gasteiger partial charge in [-0.3, -0.25) is 0 Å². The molecule has 0 unspecified atom stereocenters. The topological polar surface area (TPSA) is 109 Å². The maximum Gasteiger partial charge on any atom is 0.387 e. The number of nitrogens with zero attached hydrogens (tertiary/aromatic N) is 2. The van der Waals surface area contributed by atoms with Crippen molar-refractivity contribution in [2.45, 2.75) is 13.8 Å². The summed E-state index contributed by atoms with van der Waals surface area (Å²) >= 11 is 5.18. The summed E-state index contributed by atoms with van der Waals surface area (Å²) in [6.45, 7) is 4.14. The molecule has 2 aromatic heterocycles. The molecule has 0 saturated heterocycles. The van der Waals surface area contributed by atoms with E-state index in [9.17, 15) is 0 Å². The Labute approximate surface area is 147 Å². The van der Waals surface area contributed by atoms with Gasteiger partial charge in [0.05, 0.1) is 4.88 Å². The predicted octanol–water partition coefficient (Wildman–Crippen LogP) is -0.828. The Morgan fingerprint density at radius 1 is 1.09 bits per heavy atom. The van der Waals surface area contributed by atoms with Crippen LogP contribution in [-0.2, 0) is 0 Å². The molecule has 0 bridgehead atoms. The van der Waals surface area contributed by atoms with Crippen LogP contribution in [0.4, 0.5) is 0 Å². The lowest BCUT2D eigenvalue weighted by Gasteiger charge is -2.17. The lowest BCUT2D eigenvalue weighted by molar-refractivity contribution is -2.00. The van der Waals surface area contributed by atoms with Crippen molar-refractivity contribution in [1.29, 1.82) is 0 Å². The first-order valence-electron chi connectivity index (χ1n) is 6.30. The van der Waals surface area contributed by atoms with Crippen molar-refractivity contribution < 1.29 is 33.3 Å². The minimum Gasteiger partial charge on any atom is -0.222 e. The number of fused-ring (bicyclic) bond motifs is 1. The van der Waals surface area contributed by atoms with Crippen molar-refractivity contribution in [2.75, 3.05) is 0 Å². The zero-order chi connectivity index (χ0) is 17.2. The van der Waals surface area contributed by atoms with Gasteiger partial charge in [0.15, 0.2) is 5.69 Å². The molecule has 3 aromatic rings. The number of benzene rings is 1. The molecule has 23 heavy (non-hydrogen) atoms. The van der Waals surface area contributed by atoms with E-state index in [1.54, 1.807) is 11.3 Å². The molecule has 0 atom stereocenters. The molecule has 2 heterocycles. The van der Waals surface area contributed by atoms with Gasteiger partial charge >= 0.3 is 4.96 Å². The number of thiazole rings is 1. The van der Waals surface area contributed by atoms with Crippen LogP contribution in [0.2, 0.25) is 0 Å². The highest BCUT2D eigenvalue weighted by molar-refractivity contribution is 9.10. The van der Waals surface area contributed by atoms with E-state index in [0.29, 0.717) is 0 Å². The van der Waals surface area contributed by atoms with E-state index < -0.39 is 10.2 Å². The zero-order valence-corrected chi connectivity index (χ0v) is 15.3. The Balaban J connectivity index is 0.000000338. The van der Waals surface area contributed by atoms with Gasteiger partial charge in [0.25, 0.3) is 0 Å². The van der Waals surface area contributed by atoms with Gasteiger partial charge in [-0.1, -0.05) is 28.1 Å². The van der Waals surface area contributed by atoms with E-state index in [4.69, 9.17) is 18.6 Å². The van der Waals surface area contributed by atoms with E-state index in [2.05, 4.69) is 68.8 Å². The number of halogens is 2. The van der Waals surface area contributed by atoms with Gasteiger partial charge in [-0.25, -0.2) is 18.6 Å². The van der Waals surface area contributed by atoms with Crippen LogP contribution in [-0.4, -0.2) is 4.98 Å². The van der Waals surface area contributed by atoms with Crippen LogP contribution in [0.15, 0.2) is 41.0 Å². The van der Waals surface area contributed by atoms with Crippen LogP contribution >= 0.6 is 27.3 Å². The molecule has 0 fully saturated rings. The molecule has 0 saturated carbocycles. The lowest BCUT2D eigenvalue weighted by Crippen LogP contribution is -2.68. The molecule has 0 N–H and O–H groups in total. The lowest BCUT2D eigenvalue weighted by atomic mass is 10.2. The first-order valence-corrected chi connectivity index (χ1v) is 9.15. The van der Waals surface area contributed by atoms with Crippen molar-refractivity contribution in [1.82, 2.24) is 4.98 Å². The van der Waals surface area contributed by atoms with Crippen molar-refractivity contribution >= 4 is 32.2 Å². The summed E-state index contributed by atoms with van der Waals surface area (Å²) in [6, 6.07) is 10.5. The fraction of sp³-hybridized carbons (Fsp3) is 0.143. The van der Waals surface area contributed by atoms with Crippen LogP contribution in [0.1, 0.15) is 11.4 Å². The molecule has 3 rings (SSSR count). The summed E-state index contributed by atoms with van der Waals surface area (Å²) in [7, 11) is -4.94. The van der Waals surface area contributed by atoms with Crippen LogP contribution in [0.3, 0.4) is 0 Å². The van der Waals surface area contributed by atoms with Gasteiger partial charge in [-0.05, 0) is 40.9 Å². The Bertz CT molecular complexity index is 812. The van der Waals surface area contributed by atoms with Crippen molar-refractivity contribution in [3.8, 4) is 10.4 Å². The fourth-order valence-corrected chi connectivity index (χ4v) is 3.34. The second-order valence-corrected chi connectivity index (χ2v) is 7.35. The molecule has 6 nitrogen and oxygen atoms in total. The second kappa shape index (κ2) is 7.18. The van der Waals surface area contributed by atoms with E-state index >= 15 is 0 Å². The average molecular weight is 420 g/mol. The standard InChI is InChI=1S/C14H12BrN2S.ClHO4/c1-9-7-10(2)17-8-13(18-14(17)16-9)11-3-5-12(15)6-4-11;2-1(3,4)5/h3-8H,1-2H3;(H,2,3,4,5)/q+1;/p-1. The third-order valence-electron chi connectivity index (χ3n) is 2.85. The third-order valence-corrected chi connectivity index (χ3v) is 4.41. The normalized spacial score (nSPS) is 11.3. The molecule has 1 aromatic carbocycles. The van der Waals surface area contributed by atoms with E-state index in [1.165, 1.54) is 16.1 Å². The highest BCUT2D eigenvalue weighted by Gasteiger charge is 2.15. The first kappa shape index (κ1) is 18.2. The van der Waals surface area contributed by atoms with Crippen LogP contribution in [0, 0.1) is 24.1 Å². The molecule has 0 aliphatic rings. The number of rotatable bonds is 1. The molecule has 0 amide bonds. The number of hydrogen-bond acceptors (Lipinski definition) is 6. The first-order chi connectivity index (χ1) is 10.6. The average Bonchev–Trinajstić information content (AvgIpc) is 2.81. The third kappa shape index (κ3) is 5.47. The van der Waals surface area contributed by atoms with Crippen LogP contribution in [0.25, 0.3) is 15.4 Å². The predicted molar refractivity (Wildman–Crippen MR) is 77.9 cm³/mol. The van der Waals surface area contributed by atoms with Gasteiger partial charge in [-0.15, -0.1) is 10.2 Å². The monoisotopic (exact) mass is 418 g/mol. The van der Waals surface area contributed by atoms with Crippen LogP contribution in [0.5, 0.6) is 0 Å². The Morgan fingerprint density at radius 3 is 2.22 bits per heavy atom. The van der Waals surface area contributed by atoms with E-state index in [-0.39, 0.29) is 0 Å². The zero-order valence-electron chi connectivity index (χ0n) is 12.2. The summed E-state index contributed by atoms with van der Waals surface area (Å²) in [6.07, 6.45) is 2.16. The molecule has 122 valence electrons. The molecule has 0 spiro atoms. The molecular formula is C14H12BrClN2O4S. The molecule has 0 aliphatic carbocycles. The quantitative estimate of drug-likeness (QED) is 0.478. The van der Waals surface area contributed by atoms with Gasteiger partial charge in [0, 0.05) is 17.5 Å². The van der Waals surface area contributed by atoms with Crippen molar-refractivity contribution in [3.05, 3.63) is 52.4 Å². The van der Waals surface area contributed by atoms with E-state index in [0.717, 1.165) is 15.1 Å². The Kier molecular flexibility index (Phi) is 5.69. The summed E-state index contributed by atoms with van der Waals surface area (Å²) in [5, 5.41) is 0. The number of aryl methyl sites for hydroxylation is 2. The van der Waals surface area contributed by atoms with Gasteiger partial charge in [-0.2, -0.15) is 4.40 Å². The summed E-state index contributed by atoms with van der Waals surface area (Å²) in [5.41, 5.74) is 3.51. The summed E-state index contributed by atoms with van der Waals surface area (Å²) < 4.78 is 37.2. The van der Waals surface area contributed by atoms with Crippen LogP contribution < -0.4 is 23.0 Å². The van der Waals surface area contributed by atoms with Gasteiger partial charge < -0.3 is 0 Å². The maximum atomic E-state index is 8.49. The largest absolute Gasteiger partial charge is 0.387 e. The Morgan fingerprint density at radius 2 is 1.65 bits per heavy atom. The molecular weight excluding hydrogens is 408 g/mol. The Hall–Kier alpha value is -1.13. The maximum absolute atomic E-state index is 8.49. The summed E-state index contributed by atoms with van der Waals surface area (Å²) in [4.78, 5) is 6.86. The van der Waals surface area contributed by atoms with Gasteiger partial charge in [0.2, 0.25) is 0 Å². The smallest absolute Gasteiger partial charge is 0.222 e. The van der Waals surface area contributed by atoms with Crippen molar-refractivity contribution in [2.24, 2.45) is 0 Å². The van der Waals surface area contributed by atoms with Crippen molar-refractivity contribution in [3.63, 3.8) is 0 Å².